The van der Waals surface area contributed by atoms with E-state index in [1.54, 1.807) is 14.2 Å². The zero-order valence-corrected chi connectivity index (χ0v) is 67.7. The van der Waals surface area contributed by atoms with Gasteiger partial charge in [-0.2, -0.15) is 0 Å². The van der Waals surface area contributed by atoms with Crippen LogP contribution in [0, 0.1) is 23.7 Å². The molecule has 12 heteroatoms. The van der Waals surface area contributed by atoms with Crippen LogP contribution in [0.5, 0.6) is 0 Å². The van der Waals surface area contributed by atoms with Crippen molar-refractivity contribution in [3.8, 4) is 0 Å². The van der Waals surface area contributed by atoms with Gasteiger partial charge in [0.15, 0.2) is 0 Å². The molecule has 2 amide bonds. The summed E-state index contributed by atoms with van der Waals surface area (Å²) in [7, 11) is 3.41. The lowest BCUT2D eigenvalue weighted by atomic mass is 9.78. The molecule has 4 unspecified atom stereocenters. The number of rotatable bonds is 85. The fourth-order valence-corrected chi connectivity index (χ4v) is 15.0. The predicted octanol–water partition coefficient (Wildman–Crippen LogP) is 25.1. The summed E-state index contributed by atoms with van der Waals surface area (Å²) >= 11 is 0. The highest BCUT2D eigenvalue weighted by atomic mass is 16.5. The number of methoxy groups -OCH3 is 2. The van der Waals surface area contributed by atoms with Gasteiger partial charge >= 0.3 is 11.9 Å². The minimum absolute atomic E-state index is 0.0646. The van der Waals surface area contributed by atoms with Crippen molar-refractivity contribution in [1.82, 2.24) is 10.6 Å². The lowest BCUT2D eigenvalue weighted by molar-refractivity contribution is -0.145. The number of nitrogens with one attached hydrogen (secondary N) is 2. The second kappa shape index (κ2) is 82.4. The molecule has 0 fully saturated rings. The maximum absolute atomic E-state index is 12.8. The van der Waals surface area contributed by atoms with Crippen LogP contribution in [0.4, 0.5) is 0 Å². The summed E-state index contributed by atoms with van der Waals surface area (Å²) in [5.41, 5.74) is 0. The summed E-state index contributed by atoms with van der Waals surface area (Å²) in [6.07, 6.45) is 78.5. The van der Waals surface area contributed by atoms with Crippen LogP contribution in [0.15, 0.2) is 0 Å². The lowest BCUT2D eigenvalue weighted by Gasteiger charge is -2.28. The van der Waals surface area contributed by atoms with Crippen LogP contribution in [0.25, 0.3) is 0 Å². The molecular weight excluding hydrogens is 1240 g/mol. The molecule has 0 aromatic heterocycles. The van der Waals surface area contributed by atoms with Gasteiger partial charge in [0.1, 0.15) is 0 Å². The first-order chi connectivity index (χ1) is 49.3. The van der Waals surface area contributed by atoms with Gasteiger partial charge in [-0.1, -0.05) is 362 Å². The molecule has 0 saturated carbocycles. The van der Waals surface area contributed by atoms with Crippen LogP contribution in [0.1, 0.15) is 439 Å². The van der Waals surface area contributed by atoms with Gasteiger partial charge in [0.2, 0.25) is 11.8 Å². The van der Waals surface area contributed by atoms with Crippen molar-refractivity contribution >= 4 is 23.8 Å². The van der Waals surface area contributed by atoms with Crippen molar-refractivity contribution in [2.75, 3.05) is 80.2 Å². The molecular formula is C88H172N2O10. The average Bonchev–Trinajstić information content (AvgIpc) is 1.22. The molecule has 0 spiro atoms. The number of hydrogen-bond donors (Lipinski definition) is 2. The molecule has 0 aliphatic carbocycles. The fraction of sp³-hybridized carbons (Fsp3) is 0.955. The standard InChI is InChI=1S/C88H172N2O10/c1-7-11-15-19-31-43-59-81(83(61-45-33-21-17-13-9-3)65-49-37-25-29-41-53-69-87(93)99-79-57-77-97-75-55-73-95-5)63-47-35-23-27-39-51-67-85(91)89-71-72-90-86(92)68-52-40-28-24-36-48-64-82(60-44-32-20-16-12-8-2)84(62-46-34-22-18-14-10-4)66-50-38-26-30-42-54-70-88(94)100-80-58-78-98-76-56-74-96-6/h81-84H,7-80H2,1-6H3,(H,89,91)(H,90,92). The number of esters is 2. The average molecular weight is 1420 g/mol. The number of carbonyl (C=O) groups is 4. The molecule has 0 aliphatic rings. The van der Waals surface area contributed by atoms with E-state index in [1.165, 1.54) is 308 Å². The number of ether oxygens (including phenoxy) is 6. The van der Waals surface area contributed by atoms with E-state index in [0.29, 0.717) is 91.6 Å². The van der Waals surface area contributed by atoms with E-state index in [2.05, 4.69) is 38.3 Å². The third-order valence-electron chi connectivity index (χ3n) is 21.4. The van der Waals surface area contributed by atoms with E-state index in [1.807, 2.05) is 0 Å². The summed E-state index contributed by atoms with van der Waals surface area (Å²) in [6.45, 7) is 15.2. The molecule has 0 saturated heterocycles. The van der Waals surface area contributed by atoms with Gasteiger partial charge in [-0.05, 0) is 62.2 Å². The zero-order valence-electron chi connectivity index (χ0n) is 67.7. The molecule has 12 nitrogen and oxygen atoms in total. The highest BCUT2D eigenvalue weighted by molar-refractivity contribution is 5.77. The van der Waals surface area contributed by atoms with Gasteiger partial charge in [0, 0.05) is 105 Å². The summed E-state index contributed by atoms with van der Waals surface area (Å²) in [5, 5.41) is 6.14. The third-order valence-corrected chi connectivity index (χ3v) is 21.4. The second-order valence-electron chi connectivity index (χ2n) is 30.7. The molecule has 0 heterocycles. The minimum Gasteiger partial charge on any atom is -0.466 e. The van der Waals surface area contributed by atoms with E-state index >= 15 is 0 Å². The van der Waals surface area contributed by atoms with Gasteiger partial charge in [0.05, 0.1) is 13.2 Å². The Kier molecular flexibility index (Phi) is 80.5. The largest absolute Gasteiger partial charge is 0.466 e. The quantitative estimate of drug-likeness (QED) is 0.0445. The van der Waals surface area contributed by atoms with Gasteiger partial charge in [-0.25, -0.2) is 0 Å². The van der Waals surface area contributed by atoms with Crippen molar-refractivity contribution in [2.24, 2.45) is 23.7 Å². The molecule has 0 radical (unpaired) electrons. The minimum atomic E-state index is -0.0646. The van der Waals surface area contributed by atoms with E-state index in [-0.39, 0.29) is 23.8 Å². The molecule has 0 bridgehead atoms. The Morgan fingerprint density at radius 3 is 0.660 bits per heavy atom. The SMILES string of the molecule is CCCCCCCCC(CCCCCCCCC(=O)NCCNC(=O)CCCCCCCCC(CCCCCCCC)C(CCCCCCCC)CCCCCCCCC(=O)OCCCOCCCOC)C(CCCCCCCC)CCCCCCCCC(=O)OCCCOCCCOC. The van der Waals surface area contributed by atoms with Crippen LogP contribution < -0.4 is 10.6 Å². The molecule has 0 aromatic carbocycles. The maximum Gasteiger partial charge on any atom is 0.305 e. The van der Waals surface area contributed by atoms with Crippen LogP contribution in [0.2, 0.25) is 0 Å². The Bertz CT molecular complexity index is 1550. The van der Waals surface area contributed by atoms with E-state index < -0.39 is 0 Å². The van der Waals surface area contributed by atoms with Crippen LogP contribution >= 0.6 is 0 Å². The topological polar surface area (TPSA) is 148 Å². The number of carbonyl (C=O) groups excluding carboxylic acids is 4. The van der Waals surface area contributed by atoms with Crippen molar-refractivity contribution < 1.29 is 47.6 Å². The van der Waals surface area contributed by atoms with Gasteiger partial charge in [-0.3, -0.25) is 19.2 Å². The Balaban J connectivity index is 4.76. The monoisotopic (exact) mass is 1420 g/mol. The first kappa shape index (κ1) is 97.7. The Hall–Kier alpha value is -2.28. The smallest absolute Gasteiger partial charge is 0.305 e. The highest BCUT2D eigenvalue weighted by Gasteiger charge is 2.23. The van der Waals surface area contributed by atoms with Crippen LogP contribution in [0.3, 0.4) is 0 Å². The summed E-state index contributed by atoms with van der Waals surface area (Å²) < 4.78 is 32.2. The van der Waals surface area contributed by atoms with Crippen molar-refractivity contribution in [2.45, 2.75) is 439 Å². The Labute approximate surface area is 621 Å². The zero-order chi connectivity index (χ0) is 72.6. The summed E-state index contributed by atoms with van der Waals surface area (Å²) in [4.78, 5) is 50.1. The lowest BCUT2D eigenvalue weighted by Crippen LogP contribution is -2.34. The van der Waals surface area contributed by atoms with Crippen molar-refractivity contribution in [3.63, 3.8) is 0 Å². The Morgan fingerprint density at radius 2 is 0.430 bits per heavy atom. The first-order valence-corrected chi connectivity index (χ1v) is 44.2. The van der Waals surface area contributed by atoms with Crippen molar-refractivity contribution in [1.29, 1.82) is 0 Å². The molecule has 4 atom stereocenters. The first-order valence-electron chi connectivity index (χ1n) is 44.2. The molecule has 100 heavy (non-hydrogen) atoms. The van der Waals surface area contributed by atoms with E-state index in [9.17, 15) is 19.2 Å². The Morgan fingerprint density at radius 1 is 0.230 bits per heavy atom. The third kappa shape index (κ3) is 72.7. The van der Waals surface area contributed by atoms with Crippen LogP contribution in [-0.2, 0) is 47.6 Å². The van der Waals surface area contributed by atoms with Crippen LogP contribution in [-0.4, -0.2) is 104 Å². The number of hydrogen-bond acceptors (Lipinski definition) is 10. The molecule has 0 aromatic rings. The van der Waals surface area contributed by atoms with Gasteiger partial charge < -0.3 is 39.1 Å². The highest BCUT2D eigenvalue weighted by Crippen LogP contribution is 2.36. The molecule has 594 valence electrons. The van der Waals surface area contributed by atoms with Crippen molar-refractivity contribution in [3.05, 3.63) is 0 Å². The summed E-state index contributed by atoms with van der Waals surface area (Å²) in [5.74, 6) is 3.52. The normalized spacial score (nSPS) is 12.8. The number of amides is 2. The molecule has 0 aliphatic heterocycles. The van der Waals surface area contributed by atoms with E-state index in [4.69, 9.17) is 28.4 Å². The second-order valence-corrected chi connectivity index (χ2v) is 30.7. The maximum atomic E-state index is 12.8. The predicted molar refractivity (Wildman–Crippen MR) is 425 cm³/mol. The fourth-order valence-electron chi connectivity index (χ4n) is 15.0. The van der Waals surface area contributed by atoms with Gasteiger partial charge in [-0.15, -0.1) is 0 Å². The summed E-state index contributed by atoms with van der Waals surface area (Å²) in [6, 6.07) is 0. The molecule has 2 N–H and O–H groups in total. The van der Waals surface area contributed by atoms with E-state index in [0.717, 1.165) is 101 Å². The molecule has 0 rings (SSSR count). The van der Waals surface area contributed by atoms with Gasteiger partial charge in [0.25, 0.3) is 0 Å². The number of unbranched alkanes of at least 4 members (excludes halogenated alkanes) is 40.